The Kier molecular flexibility index (Phi) is 12.9. The molecule has 0 saturated carbocycles. The van der Waals surface area contributed by atoms with Gasteiger partial charge in [0.25, 0.3) is 11.4 Å². The van der Waals surface area contributed by atoms with E-state index in [0.29, 0.717) is 29.9 Å². The van der Waals surface area contributed by atoms with Crippen molar-refractivity contribution >= 4 is 23.4 Å². The lowest BCUT2D eigenvalue weighted by atomic mass is 10.0. The summed E-state index contributed by atoms with van der Waals surface area (Å²) in [4.78, 5) is 31.9. The van der Waals surface area contributed by atoms with Crippen LogP contribution in [0.5, 0.6) is 0 Å². The minimum absolute atomic E-state index is 0.106. The Balaban J connectivity index is 1.46. The Morgan fingerprint density at radius 1 is 0.889 bits per heavy atom. The molecule has 10 heteroatoms. The number of rotatable bonds is 19. The molecule has 196 valence electrons. The predicted molar refractivity (Wildman–Crippen MR) is 135 cm³/mol. The van der Waals surface area contributed by atoms with Gasteiger partial charge in [0.05, 0.1) is 28.8 Å². The molecular formula is C26H34N2O8. The maximum Gasteiger partial charge on any atom is 0.331 e. The summed E-state index contributed by atoms with van der Waals surface area (Å²) in [6.45, 7) is 0.609. The van der Waals surface area contributed by atoms with Crippen molar-refractivity contribution in [2.45, 2.75) is 77.2 Å². The van der Waals surface area contributed by atoms with Crippen LogP contribution in [0, 0.1) is 20.2 Å². The summed E-state index contributed by atoms with van der Waals surface area (Å²) in [5.74, 6) is -0.336. The number of benzene rings is 1. The first-order valence-electron chi connectivity index (χ1n) is 12.3. The van der Waals surface area contributed by atoms with E-state index in [-0.39, 0.29) is 18.0 Å². The summed E-state index contributed by atoms with van der Waals surface area (Å²) in [6, 6.07) is 7.03. The molecule has 36 heavy (non-hydrogen) atoms. The fraction of sp³-hybridized carbons (Fsp3) is 0.500. The van der Waals surface area contributed by atoms with Crippen molar-refractivity contribution in [2.24, 2.45) is 0 Å². The quantitative estimate of drug-likeness (QED) is 0.0928. The molecule has 0 unspecified atom stereocenters. The Morgan fingerprint density at radius 3 is 1.94 bits per heavy atom. The van der Waals surface area contributed by atoms with Crippen LogP contribution in [0.1, 0.15) is 82.0 Å². The Labute approximate surface area is 210 Å². The maximum absolute atomic E-state index is 11.3. The zero-order valence-electron chi connectivity index (χ0n) is 20.4. The highest BCUT2D eigenvalue weighted by molar-refractivity contribution is 5.91. The largest absolute Gasteiger partial charge is 0.478 e. The molecule has 10 nitrogen and oxygen atoms in total. The van der Waals surface area contributed by atoms with Gasteiger partial charge in [-0.15, -0.1) is 0 Å². The van der Waals surface area contributed by atoms with Crippen LogP contribution < -0.4 is 0 Å². The van der Waals surface area contributed by atoms with Gasteiger partial charge in [0.15, 0.2) is 0 Å². The van der Waals surface area contributed by atoms with Gasteiger partial charge >= 0.3 is 5.97 Å². The number of aliphatic carboxylic acids is 1. The number of non-ortho nitro benzene ring substituents is 2. The number of hydrogen-bond donors (Lipinski definition) is 1. The van der Waals surface area contributed by atoms with Gasteiger partial charge < -0.3 is 14.3 Å². The standard InChI is InChI=1S/C26H34N2O8/c29-26(30)22(18-25-13-11-15-36-25)12-9-7-5-3-1-2-4-6-8-10-14-35-20-21-16-23(27(31)32)19-24(17-21)28(33)34/h11,13,15-19H,1-10,12,14,20H2,(H,29,30). The van der Waals surface area contributed by atoms with E-state index in [4.69, 9.17) is 9.15 Å². The highest BCUT2D eigenvalue weighted by Crippen LogP contribution is 2.23. The Morgan fingerprint density at radius 2 is 1.44 bits per heavy atom. The molecule has 0 fully saturated rings. The molecule has 1 N–H and O–H groups in total. The van der Waals surface area contributed by atoms with E-state index in [2.05, 4.69) is 0 Å². The van der Waals surface area contributed by atoms with E-state index >= 15 is 0 Å². The minimum Gasteiger partial charge on any atom is -0.478 e. The third kappa shape index (κ3) is 11.3. The van der Waals surface area contributed by atoms with Gasteiger partial charge in [-0.3, -0.25) is 20.2 Å². The topological polar surface area (TPSA) is 146 Å². The molecule has 0 spiro atoms. The van der Waals surface area contributed by atoms with Crippen LogP contribution in [0.3, 0.4) is 0 Å². The van der Waals surface area contributed by atoms with Gasteiger partial charge in [-0.2, -0.15) is 0 Å². The lowest BCUT2D eigenvalue weighted by molar-refractivity contribution is -0.394. The third-order valence-electron chi connectivity index (χ3n) is 5.77. The number of carboxylic acids is 1. The molecule has 0 saturated heterocycles. The fourth-order valence-corrected chi connectivity index (χ4v) is 3.86. The van der Waals surface area contributed by atoms with Crippen LogP contribution in [0.15, 0.2) is 46.6 Å². The third-order valence-corrected chi connectivity index (χ3v) is 5.77. The highest BCUT2D eigenvalue weighted by atomic mass is 16.6. The number of carboxylic acid groups (broad SMARTS) is 1. The summed E-state index contributed by atoms with van der Waals surface area (Å²) in [7, 11) is 0. The summed E-state index contributed by atoms with van der Waals surface area (Å²) in [5.41, 5.74) is 0.174. The fourth-order valence-electron chi connectivity index (χ4n) is 3.86. The molecule has 1 heterocycles. The summed E-state index contributed by atoms with van der Waals surface area (Å²) >= 11 is 0. The Bertz CT molecular complexity index is 969. The lowest BCUT2D eigenvalue weighted by Crippen LogP contribution is -2.00. The molecule has 1 aromatic carbocycles. The number of ether oxygens (including phenoxy) is 1. The van der Waals surface area contributed by atoms with Crippen LogP contribution in [0.4, 0.5) is 11.4 Å². The number of unbranched alkanes of at least 4 members (excludes halogenated alkanes) is 9. The molecule has 2 aromatic rings. The lowest BCUT2D eigenvalue weighted by Gasteiger charge is -2.06. The summed E-state index contributed by atoms with van der Waals surface area (Å²) in [6.07, 6.45) is 14.2. The summed E-state index contributed by atoms with van der Waals surface area (Å²) in [5, 5.41) is 31.2. The molecule has 0 atom stereocenters. The van der Waals surface area contributed by atoms with E-state index in [1.54, 1.807) is 18.2 Å². The second-order valence-electron chi connectivity index (χ2n) is 8.70. The smallest absolute Gasteiger partial charge is 0.331 e. The van der Waals surface area contributed by atoms with Gasteiger partial charge in [-0.05, 0) is 43.0 Å². The van der Waals surface area contributed by atoms with Gasteiger partial charge in [0.2, 0.25) is 0 Å². The maximum atomic E-state index is 11.3. The first-order valence-corrected chi connectivity index (χ1v) is 12.3. The van der Waals surface area contributed by atoms with Crippen molar-refractivity contribution in [1.82, 2.24) is 0 Å². The van der Waals surface area contributed by atoms with Crippen LogP contribution >= 0.6 is 0 Å². The van der Waals surface area contributed by atoms with Crippen molar-refractivity contribution in [2.75, 3.05) is 6.61 Å². The second-order valence-corrected chi connectivity index (χ2v) is 8.70. The first kappa shape index (κ1) is 28.7. The van der Waals surface area contributed by atoms with E-state index in [1.165, 1.54) is 18.4 Å². The van der Waals surface area contributed by atoms with Gasteiger partial charge in [-0.1, -0.05) is 51.4 Å². The van der Waals surface area contributed by atoms with E-state index in [0.717, 1.165) is 70.3 Å². The molecule has 0 bridgehead atoms. The molecular weight excluding hydrogens is 468 g/mol. The number of nitro benzene ring substituents is 2. The Hall–Kier alpha value is -3.53. The number of nitrogens with zero attached hydrogens (tertiary/aromatic N) is 2. The molecule has 0 amide bonds. The molecule has 0 radical (unpaired) electrons. The molecule has 0 aliphatic carbocycles. The normalized spacial score (nSPS) is 11.5. The van der Waals surface area contributed by atoms with Crippen molar-refractivity contribution in [3.8, 4) is 0 Å². The predicted octanol–water partition coefficient (Wildman–Crippen LogP) is 7.07. The number of nitro groups is 2. The highest BCUT2D eigenvalue weighted by Gasteiger charge is 2.16. The molecule has 0 aliphatic rings. The van der Waals surface area contributed by atoms with Gasteiger partial charge in [0.1, 0.15) is 5.76 Å². The van der Waals surface area contributed by atoms with Crippen LogP contribution in [0.25, 0.3) is 6.08 Å². The number of carbonyl (C=O) groups is 1. The van der Waals surface area contributed by atoms with Gasteiger partial charge in [-0.25, -0.2) is 4.79 Å². The van der Waals surface area contributed by atoms with E-state index in [1.807, 2.05) is 0 Å². The van der Waals surface area contributed by atoms with Crippen molar-refractivity contribution in [1.29, 1.82) is 0 Å². The van der Waals surface area contributed by atoms with Crippen molar-refractivity contribution in [3.05, 3.63) is 73.7 Å². The minimum atomic E-state index is -0.898. The van der Waals surface area contributed by atoms with Crippen molar-refractivity contribution < 1.29 is 28.9 Å². The second kappa shape index (κ2) is 16.2. The monoisotopic (exact) mass is 502 g/mol. The van der Waals surface area contributed by atoms with Gasteiger partial charge in [0, 0.05) is 24.3 Å². The average Bonchev–Trinajstić information content (AvgIpc) is 3.36. The van der Waals surface area contributed by atoms with Crippen LogP contribution in [0.2, 0.25) is 0 Å². The van der Waals surface area contributed by atoms with Crippen molar-refractivity contribution in [3.63, 3.8) is 0 Å². The van der Waals surface area contributed by atoms with E-state index in [9.17, 15) is 30.1 Å². The van der Waals surface area contributed by atoms with E-state index < -0.39 is 15.8 Å². The zero-order valence-corrected chi connectivity index (χ0v) is 20.4. The number of furan rings is 1. The molecule has 0 aliphatic heterocycles. The van der Waals surface area contributed by atoms with Crippen LogP contribution in [-0.4, -0.2) is 27.5 Å². The summed E-state index contributed by atoms with van der Waals surface area (Å²) < 4.78 is 10.7. The number of hydrogen-bond acceptors (Lipinski definition) is 7. The first-order chi connectivity index (χ1) is 17.4. The average molecular weight is 503 g/mol. The zero-order chi connectivity index (χ0) is 26.2. The SMILES string of the molecule is O=C(O)C(=Cc1ccco1)CCCCCCCCCCCCOCc1cc([N+](=O)[O-])cc([N+](=O)[O-])c1. The van der Waals surface area contributed by atoms with Crippen LogP contribution in [-0.2, 0) is 16.1 Å². The molecule has 1 aromatic heterocycles. The molecule has 2 rings (SSSR count).